The number of aryl methyl sites for hydroxylation is 1. The van der Waals surface area contributed by atoms with Crippen LogP contribution in [-0.2, 0) is 10.0 Å². The highest BCUT2D eigenvalue weighted by Gasteiger charge is 2.36. The first-order valence-electron chi connectivity index (χ1n) is 8.26. The lowest BCUT2D eigenvalue weighted by atomic mass is 10.1. The second kappa shape index (κ2) is 7.44. The van der Waals surface area contributed by atoms with Crippen LogP contribution in [0.25, 0.3) is 0 Å². The number of amides is 2. The molecule has 2 amide bonds. The average Bonchev–Trinajstić information content (AvgIpc) is 2.76. The van der Waals surface area contributed by atoms with Gasteiger partial charge in [0.2, 0.25) is 10.0 Å². The molecule has 0 radical (unpaired) electrons. The number of rotatable bonds is 8. The number of nitrogens with zero attached hydrogens (tertiary/aromatic N) is 2. The van der Waals surface area contributed by atoms with Crippen molar-refractivity contribution in [1.82, 2.24) is 9.21 Å². The lowest BCUT2D eigenvalue weighted by Gasteiger charge is -2.22. The Kier molecular flexibility index (Phi) is 5.77. The minimum absolute atomic E-state index is 0.113. The van der Waals surface area contributed by atoms with Gasteiger partial charge in [-0.15, -0.1) is 0 Å². The molecule has 0 atom stereocenters. The molecule has 7 heteroatoms. The van der Waals surface area contributed by atoms with E-state index in [2.05, 4.69) is 0 Å². The molecule has 2 rings (SSSR count). The molecular weight excluding hydrogens is 328 g/mol. The van der Waals surface area contributed by atoms with Crippen molar-refractivity contribution in [2.45, 2.75) is 33.6 Å². The van der Waals surface area contributed by atoms with Gasteiger partial charge in [-0.3, -0.25) is 14.5 Å². The van der Waals surface area contributed by atoms with Crippen LogP contribution in [0, 0.1) is 6.92 Å². The van der Waals surface area contributed by atoms with Gasteiger partial charge in [0.15, 0.2) is 0 Å². The maximum Gasteiger partial charge on any atom is 0.261 e. The average molecular weight is 352 g/mol. The molecule has 0 N–H and O–H groups in total. The summed E-state index contributed by atoms with van der Waals surface area (Å²) in [5, 5.41) is 0. The molecule has 132 valence electrons. The zero-order valence-corrected chi connectivity index (χ0v) is 15.2. The highest BCUT2D eigenvalue weighted by Crippen LogP contribution is 2.24. The number of benzene rings is 1. The smallest absolute Gasteiger partial charge is 0.261 e. The summed E-state index contributed by atoms with van der Waals surface area (Å²) < 4.78 is 26.4. The summed E-state index contributed by atoms with van der Waals surface area (Å²) in [6.07, 6.45) is 1.46. The Balaban J connectivity index is 2.12. The molecule has 0 spiro atoms. The van der Waals surface area contributed by atoms with Crippen molar-refractivity contribution < 1.29 is 18.0 Å². The van der Waals surface area contributed by atoms with E-state index in [-0.39, 0.29) is 12.3 Å². The molecule has 1 aliphatic rings. The molecule has 0 aliphatic carbocycles. The van der Waals surface area contributed by atoms with Gasteiger partial charge in [0.05, 0.1) is 16.9 Å². The molecule has 24 heavy (non-hydrogen) atoms. The van der Waals surface area contributed by atoms with E-state index < -0.39 is 21.8 Å². The first-order valence-corrected chi connectivity index (χ1v) is 9.87. The second-order valence-corrected chi connectivity index (χ2v) is 8.11. The normalized spacial score (nSPS) is 14.6. The van der Waals surface area contributed by atoms with Gasteiger partial charge in [-0.1, -0.05) is 25.5 Å². The van der Waals surface area contributed by atoms with Crippen molar-refractivity contribution in [1.29, 1.82) is 0 Å². The van der Waals surface area contributed by atoms with Gasteiger partial charge < -0.3 is 0 Å². The van der Waals surface area contributed by atoms with Gasteiger partial charge in [0, 0.05) is 19.6 Å². The highest BCUT2D eigenvalue weighted by molar-refractivity contribution is 7.89. The summed E-state index contributed by atoms with van der Waals surface area (Å²) in [5.74, 6) is -1.06. The van der Waals surface area contributed by atoms with Crippen molar-refractivity contribution in [2.24, 2.45) is 0 Å². The summed E-state index contributed by atoms with van der Waals surface area (Å²) in [4.78, 5) is 25.8. The summed E-state index contributed by atoms with van der Waals surface area (Å²) >= 11 is 0. The van der Waals surface area contributed by atoms with E-state index in [0.29, 0.717) is 24.2 Å². The quantitative estimate of drug-likeness (QED) is 0.671. The maximum absolute atomic E-state index is 12.5. The third-order valence-electron chi connectivity index (χ3n) is 4.04. The number of carbonyl (C=O) groups excluding carboxylic acids is 2. The Bertz CT molecular complexity index is 737. The fourth-order valence-corrected chi connectivity index (χ4v) is 4.43. The third kappa shape index (κ3) is 3.67. The van der Waals surface area contributed by atoms with Gasteiger partial charge in [0.25, 0.3) is 11.8 Å². The van der Waals surface area contributed by atoms with Crippen molar-refractivity contribution >= 4 is 21.8 Å². The van der Waals surface area contributed by atoms with Crippen LogP contribution in [0.2, 0.25) is 0 Å². The lowest BCUT2D eigenvalue weighted by molar-refractivity contribution is 0.0663. The van der Waals surface area contributed by atoms with Gasteiger partial charge in [0.1, 0.15) is 0 Å². The van der Waals surface area contributed by atoms with E-state index >= 15 is 0 Å². The van der Waals surface area contributed by atoms with Crippen LogP contribution in [0.15, 0.2) is 18.2 Å². The summed E-state index contributed by atoms with van der Waals surface area (Å²) in [5.41, 5.74) is 1.60. The minimum Gasteiger partial charge on any atom is -0.273 e. The first-order chi connectivity index (χ1) is 11.3. The maximum atomic E-state index is 12.5. The Hall–Kier alpha value is -1.73. The summed E-state index contributed by atoms with van der Waals surface area (Å²) in [7, 11) is -3.49. The molecule has 0 aromatic heterocycles. The summed E-state index contributed by atoms with van der Waals surface area (Å²) in [6.45, 7) is 6.49. The fourth-order valence-electron chi connectivity index (χ4n) is 2.83. The van der Waals surface area contributed by atoms with Gasteiger partial charge in [-0.05, 0) is 31.9 Å². The molecule has 6 nitrogen and oxygen atoms in total. The second-order valence-electron chi connectivity index (χ2n) is 6.03. The van der Waals surface area contributed by atoms with Gasteiger partial charge in [-0.2, -0.15) is 0 Å². The van der Waals surface area contributed by atoms with Crippen LogP contribution < -0.4 is 0 Å². The number of imide groups is 1. The lowest BCUT2D eigenvalue weighted by Crippen LogP contribution is -2.40. The van der Waals surface area contributed by atoms with Crippen molar-refractivity contribution in [3.63, 3.8) is 0 Å². The van der Waals surface area contributed by atoms with E-state index in [4.69, 9.17) is 0 Å². The molecule has 0 saturated heterocycles. The Morgan fingerprint density at radius 2 is 1.58 bits per heavy atom. The Labute approximate surface area is 143 Å². The van der Waals surface area contributed by atoms with Crippen molar-refractivity contribution in [3.8, 4) is 0 Å². The molecule has 1 aromatic rings. The van der Waals surface area contributed by atoms with E-state index in [1.807, 2.05) is 20.8 Å². The number of hydrogen-bond acceptors (Lipinski definition) is 4. The number of carbonyl (C=O) groups is 2. The molecule has 0 bridgehead atoms. The van der Waals surface area contributed by atoms with Crippen LogP contribution in [-0.4, -0.2) is 54.8 Å². The molecule has 1 aliphatic heterocycles. The van der Waals surface area contributed by atoms with Crippen LogP contribution in [0.3, 0.4) is 0 Å². The minimum atomic E-state index is -3.49. The topological polar surface area (TPSA) is 74.8 Å². The van der Waals surface area contributed by atoms with E-state index in [1.54, 1.807) is 18.2 Å². The monoisotopic (exact) mass is 352 g/mol. The zero-order valence-electron chi connectivity index (χ0n) is 14.4. The number of hydrogen-bond donors (Lipinski definition) is 0. The van der Waals surface area contributed by atoms with Crippen molar-refractivity contribution in [2.75, 3.05) is 25.4 Å². The third-order valence-corrected chi connectivity index (χ3v) is 5.89. The van der Waals surface area contributed by atoms with Crippen LogP contribution in [0.4, 0.5) is 0 Å². The van der Waals surface area contributed by atoms with Crippen LogP contribution in [0.5, 0.6) is 0 Å². The Morgan fingerprint density at radius 1 is 1.00 bits per heavy atom. The molecule has 1 aromatic carbocycles. The van der Waals surface area contributed by atoms with E-state index in [9.17, 15) is 18.0 Å². The van der Waals surface area contributed by atoms with Gasteiger partial charge >= 0.3 is 0 Å². The standard InChI is InChI=1S/C17H24N2O4S/c1-4-8-18(9-5-2)24(22,23)11-10-19-16(20)14-7-6-13(3)12-15(14)17(19)21/h6-7,12H,4-5,8-11H2,1-3H3. The molecule has 0 fully saturated rings. The summed E-state index contributed by atoms with van der Waals surface area (Å²) in [6, 6.07) is 5.07. The fraction of sp³-hybridized carbons (Fsp3) is 0.529. The predicted octanol–water partition coefficient (Wildman–Crippen LogP) is 2.04. The van der Waals surface area contributed by atoms with Crippen molar-refractivity contribution in [3.05, 3.63) is 34.9 Å². The number of fused-ring (bicyclic) bond motifs is 1. The Morgan fingerprint density at radius 3 is 2.17 bits per heavy atom. The molecular formula is C17H24N2O4S. The van der Waals surface area contributed by atoms with Crippen LogP contribution in [0.1, 0.15) is 53.0 Å². The molecule has 1 heterocycles. The largest absolute Gasteiger partial charge is 0.273 e. The molecule has 0 saturated carbocycles. The van der Waals surface area contributed by atoms with E-state index in [0.717, 1.165) is 23.3 Å². The number of sulfonamides is 1. The van der Waals surface area contributed by atoms with Crippen LogP contribution >= 0.6 is 0 Å². The zero-order chi connectivity index (χ0) is 17.9. The van der Waals surface area contributed by atoms with Gasteiger partial charge in [-0.25, -0.2) is 12.7 Å². The first kappa shape index (κ1) is 18.6. The van der Waals surface area contributed by atoms with E-state index in [1.165, 1.54) is 4.31 Å². The highest BCUT2D eigenvalue weighted by atomic mass is 32.2. The SMILES string of the molecule is CCCN(CCC)S(=O)(=O)CCN1C(=O)c2ccc(C)cc2C1=O. The predicted molar refractivity (Wildman–Crippen MR) is 92.5 cm³/mol. The molecule has 0 unspecified atom stereocenters.